The highest BCUT2D eigenvalue weighted by Crippen LogP contribution is 2.14. The lowest BCUT2D eigenvalue weighted by Gasteiger charge is -2.32. The minimum atomic E-state index is -1.000. The average Bonchev–Trinajstić information content (AvgIpc) is 2.35. The predicted octanol–water partition coefficient (Wildman–Crippen LogP) is 0.636. The van der Waals surface area contributed by atoms with E-state index in [0.717, 1.165) is 0 Å². The molecule has 1 unspecified atom stereocenters. The van der Waals surface area contributed by atoms with Crippen LogP contribution in [0.2, 0.25) is 0 Å². The van der Waals surface area contributed by atoms with Gasteiger partial charge in [0.2, 0.25) is 12.3 Å². The number of carbonyl (C=O) groups excluding carboxylic acids is 2. The van der Waals surface area contributed by atoms with Gasteiger partial charge in [0, 0.05) is 12.1 Å². The first-order valence-corrected chi connectivity index (χ1v) is 6.23. The van der Waals surface area contributed by atoms with E-state index in [9.17, 15) is 14.4 Å². The van der Waals surface area contributed by atoms with Crippen molar-refractivity contribution in [1.29, 1.82) is 0 Å². The maximum atomic E-state index is 12.0. The van der Waals surface area contributed by atoms with Gasteiger partial charge < -0.3 is 15.3 Å². The van der Waals surface area contributed by atoms with E-state index in [-0.39, 0.29) is 30.0 Å². The van der Waals surface area contributed by atoms with Crippen molar-refractivity contribution in [2.45, 2.75) is 33.7 Å². The van der Waals surface area contributed by atoms with Crippen molar-refractivity contribution >= 4 is 18.3 Å². The van der Waals surface area contributed by atoms with E-state index in [2.05, 4.69) is 5.32 Å². The lowest BCUT2D eigenvalue weighted by atomic mass is 9.99. The lowest BCUT2D eigenvalue weighted by molar-refractivity contribution is -0.134. The van der Waals surface area contributed by atoms with Crippen molar-refractivity contribution < 1.29 is 19.5 Å². The Morgan fingerprint density at radius 2 is 1.95 bits per heavy atom. The van der Waals surface area contributed by atoms with Gasteiger partial charge in [-0.3, -0.25) is 9.59 Å². The fraction of sp³-hybridized carbons (Fsp3) is 0.615. The molecule has 0 aliphatic rings. The van der Waals surface area contributed by atoms with Gasteiger partial charge in [-0.25, -0.2) is 4.79 Å². The molecule has 0 saturated carbocycles. The van der Waals surface area contributed by atoms with Crippen molar-refractivity contribution in [1.82, 2.24) is 10.2 Å². The van der Waals surface area contributed by atoms with Crippen LogP contribution in [0.5, 0.6) is 0 Å². The largest absolute Gasteiger partial charge is 0.478 e. The summed E-state index contributed by atoms with van der Waals surface area (Å²) in [4.78, 5) is 34.6. The van der Waals surface area contributed by atoms with Gasteiger partial charge >= 0.3 is 5.97 Å². The SMILES string of the molecule is CCN(C(=O)CNC=O)C(C=C(C)C(=O)O)C(C)C. The molecule has 108 valence electrons. The molecule has 0 aliphatic carbocycles. The number of carbonyl (C=O) groups is 3. The van der Waals surface area contributed by atoms with Crippen molar-refractivity contribution in [3.05, 3.63) is 11.6 Å². The van der Waals surface area contributed by atoms with Crippen LogP contribution in [0.25, 0.3) is 0 Å². The maximum absolute atomic E-state index is 12.0. The molecule has 19 heavy (non-hydrogen) atoms. The Labute approximate surface area is 113 Å². The molecule has 0 saturated heterocycles. The first-order valence-electron chi connectivity index (χ1n) is 6.23. The first-order chi connectivity index (χ1) is 8.84. The number of aliphatic carboxylic acids is 1. The number of hydrogen-bond donors (Lipinski definition) is 2. The summed E-state index contributed by atoms with van der Waals surface area (Å²) in [5.41, 5.74) is 0.202. The van der Waals surface area contributed by atoms with Gasteiger partial charge in [-0.2, -0.15) is 0 Å². The van der Waals surface area contributed by atoms with Crippen molar-refractivity contribution in [3.8, 4) is 0 Å². The number of carboxylic acid groups (broad SMARTS) is 1. The molecular weight excluding hydrogens is 248 g/mol. The minimum Gasteiger partial charge on any atom is -0.478 e. The van der Waals surface area contributed by atoms with Crippen LogP contribution in [-0.4, -0.2) is 47.4 Å². The zero-order chi connectivity index (χ0) is 15.0. The third-order valence-electron chi connectivity index (χ3n) is 2.80. The van der Waals surface area contributed by atoms with Crippen LogP contribution in [0.1, 0.15) is 27.7 Å². The number of likely N-dealkylation sites (N-methyl/N-ethyl adjacent to an activating group) is 1. The smallest absolute Gasteiger partial charge is 0.331 e. The molecule has 0 fully saturated rings. The van der Waals surface area contributed by atoms with Crippen LogP contribution in [-0.2, 0) is 14.4 Å². The monoisotopic (exact) mass is 270 g/mol. The van der Waals surface area contributed by atoms with Gasteiger partial charge in [0.25, 0.3) is 0 Å². The van der Waals surface area contributed by atoms with Crippen molar-refractivity contribution in [2.24, 2.45) is 5.92 Å². The average molecular weight is 270 g/mol. The third-order valence-corrected chi connectivity index (χ3v) is 2.80. The molecule has 0 aromatic carbocycles. The molecule has 0 aromatic rings. The fourth-order valence-corrected chi connectivity index (χ4v) is 1.75. The van der Waals surface area contributed by atoms with Gasteiger partial charge in [-0.1, -0.05) is 19.9 Å². The molecule has 2 amide bonds. The van der Waals surface area contributed by atoms with Crippen LogP contribution in [0, 0.1) is 5.92 Å². The van der Waals surface area contributed by atoms with Gasteiger partial charge in [0.05, 0.1) is 12.6 Å². The van der Waals surface area contributed by atoms with Gasteiger partial charge in [-0.05, 0) is 19.8 Å². The van der Waals surface area contributed by atoms with Crippen LogP contribution < -0.4 is 5.32 Å². The highest BCUT2D eigenvalue weighted by Gasteiger charge is 2.23. The molecule has 0 aliphatic heterocycles. The second-order valence-electron chi connectivity index (χ2n) is 4.57. The van der Waals surface area contributed by atoms with Crippen LogP contribution in [0.4, 0.5) is 0 Å². The predicted molar refractivity (Wildman–Crippen MR) is 71.5 cm³/mol. The summed E-state index contributed by atoms with van der Waals surface area (Å²) >= 11 is 0. The molecule has 6 nitrogen and oxygen atoms in total. The number of hydrogen-bond acceptors (Lipinski definition) is 3. The molecule has 0 rings (SSSR count). The zero-order valence-electron chi connectivity index (χ0n) is 11.8. The summed E-state index contributed by atoms with van der Waals surface area (Å²) < 4.78 is 0. The topological polar surface area (TPSA) is 86.7 Å². The molecule has 2 N–H and O–H groups in total. The van der Waals surface area contributed by atoms with E-state index < -0.39 is 5.97 Å². The van der Waals surface area contributed by atoms with E-state index in [0.29, 0.717) is 13.0 Å². The Kier molecular flexibility index (Phi) is 7.48. The number of rotatable bonds is 8. The highest BCUT2D eigenvalue weighted by molar-refractivity contribution is 5.86. The molecule has 0 heterocycles. The van der Waals surface area contributed by atoms with Gasteiger partial charge in [-0.15, -0.1) is 0 Å². The van der Waals surface area contributed by atoms with E-state index >= 15 is 0 Å². The van der Waals surface area contributed by atoms with E-state index in [1.165, 1.54) is 6.92 Å². The van der Waals surface area contributed by atoms with E-state index in [1.54, 1.807) is 11.0 Å². The summed E-state index contributed by atoms with van der Waals surface area (Å²) in [5.74, 6) is -1.16. The Morgan fingerprint density at radius 1 is 1.37 bits per heavy atom. The summed E-state index contributed by atoms with van der Waals surface area (Å²) in [7, 11) is 0. The molecule has 6 heteroatoms. The number of nitrogens with zero attached hydrogens (tertiary/aromatic N) is 1. The van der Waals surface area contributed by atoms with Crippen LogP contribution in [0.15, 0.2) is 11.6 Å². The van der Waals surface area contributed by atoms with Crippen LogP contribution in [0.3, 0.4) is 0 Å². The molecule has 0 radical (unpaired) electrons. The molecular formula is C13H22N2O4. The highest BCUT2D eigenvalue weighted by atomic mass is 16.4. The van der Waals surface area contributed by atoms with E-state index in [1.807, 2.05) is 20.8 Å². The summed E-state index contributed by atoms with van der Waals surface area (Å²) in [6.07, 6.45) is 2.05. The second-order valence-corrected chi connectivity index (χ2v) is 4.57. The first kappa shape index (κ1) is 17.2. The maximum Gasteiger partial charge on any atom is 0.331 e. The molecule has 0 aromatic heterocycles. The van der Waals surface area contributed by atoms with Gasteiger partial charge in [0.15, 0.2) is 0 Å². The molecule has 1 atom stereocenters. The number of amides is 2. The Morgan fingerprint density at radius 3 is 2.32 bits per heavy atom. The Hall–Kier alpha value is -1.85. The quantitative estimate of drug-likeness (QED) is 0.500. The van der Waals surface area contributed by atoms with Gasteiger partial charge in [0.1, 0.15) is 0 Å². The second kappa shape index (κ2) is 8.29. The van der Waals surface area contributed by atoms with E-state index in [4.69, 9.17) is 5.11 Å². The van der Waals surface area contributed by atoms with Crippen molar-refractivity contribution in [2.75, 3.05) is 13.1 Å². The van der Waals surface area contributed by atoms with Crippen molar-refractivity contribution in [3.63, 3.8) is 0 Å². The Bertz CT molecular complexity index is 364. The summed E-state index contributed by atoms with van der Waals surface area (Å²) in [5, 5.41) is 11.2. The summed E-state index contributed by atoms with van der Waals surface area (Å²) in [6.45, 7) is 7.52. The zero-order valence-corrected chi connectivity index (χ0v) is 11.8. The summed E-state index contributed by atoms with van der Waals surface area (Å²) in [6, 6.07) is -0.304. The molecule has 0 bridgehead atoms. The normalized spacial score (nSPS) is 13.0. The lowest BCUT2D eigenvalue weighted by Crippen LogP contribution is -2.46. The molecule has 0 spiro atoms. The third kappa shape index (κ3) is 5.54. The Balaban J connectivity index is 5.11. The standard InChI is InChI=1S/C13H22N2O4/c1-5-15(12(17)7-14-8-16)11(9(2)3)6-10(4)13(18)19/h6,8-9,11H,5,7H2,1-4H3,(H,14,16)(H,18,19). The number of nitrogens with one attached hydrogen (secondary N) is 1. The number of carboxylic acids is 1. The van der Waals surface area contributed by atoms with Crippen LogP contribution >= 0.6 is 0 Å². The fourth-order valence-electron chi connectivity index (χ4n) is 1.75. The minimum absolute atomic E-state index is 0.0782.